The van der Waals surface area contributed by atoms with Crippen molar-refractivity contribution in [3.05, 3.63) is 29.8 Å². The molecule has 2 atom stereocenters. The van der Waals surface area contributed by atoms with Gasteiger partial charge >= 0.3 is 5.97 Å². The summed E-state index contributed by atoms with van der Waals surface area (Å²) in [5.74, 6) is -0.886. The number of hydrogen-bond acceptors (Lipinski definition) is 3. The Kier molecular flexibility index (Phi) is 4.31. The zero-order chi connectivity index (χ0) is 12.1. The second-order valence-corrected chi connectivity index (χ2v) is 3.71. The van der Waals surface area contributed by atoms with Gasteiger partial charge in [0.1, 0.15) is 6.04 Å². The van der Waals surface area contributed by atoms with Crippen LogP contribution in [0, 0.1) is 0 Å². The number of hydrogen-bond donors (Lipinski definition) is 3. The van der Waals surface area contributed by atoms with E-state index in [1.807, 2.05) is 12.1 Å². The van der Waals surface area contributed by atoms with Crippen molar-refractivity contribution in [3.63, 3.8) is 0 Å². The summed E-state index contributed by atoms with van der Waals surface area (Å²) in [6.45, 7) is 3.46. The first-order valence-electron chi connectivity index (χ1n) is 5.32. The fourth-order valence-corrected chi connectivity index (χ4v) is 1.52. The number of nitrogens with one attached hydrogen (secondary N) is 1. The standard InChI is InChI=1S/C12H17NO3/c1-3-10(12(15)16)13-11-7-5-4-6-9(11)8(2)14/h4-8,10,13-14H,3H2,1-2H3,(H,15,16). The molecule has 2 unspecified atom stereocenters. The SMILES string of the molecule is CCC(Nc1ccccc1C(C)O)C(=O)O. The third kappa shape index (κ3) is 2.97. The summed E-state index contributed by atoms with van der Waals surface area (Å²) in [6, 6.07) is 6.55. The lowest BCUT2D eigenvalue weighted by molar-refractivity contribution is -0.137. The third-order valence-corrected chi connectivity index (χ3v) is 2.45. The minimum absolute atomic E-state index is 0.490. The van der Waals surface area contributed by atoms with Gasteiger partial charge < -0.3 is 15.5 Å². The number of anilines is 1. The molecule has 0 spiro atoms. The van der Waals surface area contributed by atoms with E-state index in [0.29, 0.717) is 17.7 Å². The van der Waals surface area contributed by atoms with Gasteiger partial charge in [-0.25, -0.2) is 4.79 Å². The van der Waals surface area contributed by atoms with Gasteiger partial charge in [0.25, 0.3) is 0 Å². The second kappa shape index (κ2) is 5.51. The molecule has 4 nitrogen and oxygen atoms in total. The Morgan fingerprint density at radius 3 is 2.56 bits per heavy atom. The van der Waals surface area contributed by atoms with Crippen LogP contribution in [0.5, 0.6) is 0 Å². The number of para-hydroxylation sites is 1. The molecule has 1 aromatic carbocycles. The lowest BCUT2D eigenvalue weighted by atomic mass is 10.1. The predicted octanol–water partition coefficient (Wildman–Crippen LogP) is 2.01. The van der Waals surface area contributed by atoms with E-state index in [2.05, 4.69) is 5.32 Å². The first kappa shape index (κ1) is 12.5. The van der Waals surface area contributed by atoms with E-state index in [-0.39, 0.29) is 0 Å². The summed E-state index contributed by atoms with van der Waals surface area (Å²) >= 11 is 0. The maximum Gasteiger partial charge on any atom is 0.326 e. The molecule has 1 aromatic rings. The molecule has 0 aliphatic carbocycles. The summed E-state index contributed by atoms with van der Waals surface area (Å²) in [5.41, 5.74) is 1.38. The Balaban J connectivity index is 2.91. The number of carboxylic acids is 1. The van der Waals surface area contributed by atoms with Crippen molar-refractivity contribution < 1.29 is 15.0 Å². The smallest absolute Gasteiger partial charge is 0.326 e. The monoisotopic (exact) mass is 223 g/mol. The van der Waals surface area contributed by atoms with E-state index in [0.717, 1.165) is 0 Å². The molecule has 88 valence electrons. The number of aliphatic hydroxyl groups is 1. The highest BCUT2D eigenvalue weighted by atomic mass is 16.4. The topological polar surface area (TPSA) is 69.6 Å². The van der Waals surface area contributed by atoms with E-state index in [1.165, 1.54) is 0 Å². The van der Waals surface area contributed by atoms with Crippen molar-refractivity contribution in [2.45, 2.75) is 32.4 Å². The van der Waals surface area contributed by atoms with Crippen LogP contribution in [0.15, 0.2) is 24.3 Å². The van der Waals surface area contributed by atoms with Crippen molar-refractivity contribution in [1.82, 2.24) is 0 Å². The molecule has 0 fully saturated rings. The van der Waals surface area contributed by atoms with Crippen molar-refractivity contribution in [1.29, 1.82) is 0 Å². The number of aliphatic hydroxyl groups excluding tert-OH is 1. The molecule has 3 N–H and O–H groups in total. The molecule has 0 saturated carbocycles. The van der Waals surface area contributed by atoms with Gasteiger partial charge in [-0.05, 0) is 19.4 Å². The van der Waals surface area contributed by atoms with Crippen molar-refractivity contribution in [2.24, 2.45) is 0 Å². The summed E-state index contributed by atoms with van der Waals surface area (Å²) in [6.07, 6.45) is -0.126. The molecular formula is C12H17NO3. The van der Waals surface area contributed by atoms with Crippen LogP contribution in [0.4, 0.5) is 5.69 Å². The van der Waals surface area contributed by atoms with Crippen molar-refractivity contribution in [3.8, 4) is 0 Å². The molecular weight excluding hydrogens is 206 g/mol. The minimum Gasteiger partial charge on any atom is -0.480 e. The summed E-state index contributed by atoms with van der Waals surface area (Å²) in [4.78, 5) is 10.9. The maximum absolute atomic E-state index is 10.9. The Bertz CT molecular complexity index is 363. The Morgan fingerprint density at radius 1 is 1.44 bits per heavy atom. The summed E-state index contributed by atoms with van der Waals surface area (Å²) in [7, 11) is 0. The van der Waals surface area contributed by atoms with Gasteiger partial charge in [0.2, 0.25) is 0 Å². The summed E-state index contributed by atoms with van der Waals surface area (Å²) in [5, 5.41) is 21.4. The average Bonchev–Trinajstić information content (AvgIpc) is 2.25. The Hall–Kier alpha value is -1.55. The van der Waals surface area contributed by atoms with E-state index in [1.54, 1.807) is 26.0 Å². The average molecular weight is 223 g/mol. The molecule has 4 heteroatoms. The lowest BCUT2D eigenvalue weighted by Crippen LogP contribution is -2.28. The van der Waals surface area contributed by atoms with Crippen LogP contribution in [0.3, 0.4) is 0 Å². The van der Waals surface area contributed by atoms with Crippen LogP contribution in [0.1, 0.15) is 31.9 Å². The van der Waals surface area contributed by atoms with E-state index in [9.17, 15) is 9.90 Å². The van der Waals surface area contributed by atoms with Crippen molar-refractivity contribution in [2.75, 3.05) is 5.32 Å². The first-order chi connectivity index (χ1) is 7.56. The quantitative estimate of drug-likeness (QED) is 0.714. The van der Waals surface area contributed by atoms with Crippen molar-refractivity contribution >= 4 is 11.7 Å². The highest BCUT2D eigenvalue weighted by molar-refractivity contribution is 5.77. The van der Waals surface area contributed by atoms with Crippen LogP contribution >= 0.6 is 0 Å². The zero-order valence-electron chi connectivity index (χ0n) is 9.47. The molecule has 0 aromatic heterocycles. The summed E-state index contributed by atoms with van der Waals surface area (Å²) < 4.78 is 0. The molecule has 1 rings (SSSR count). The highest BCUT2D eigenvalue weighted by Crippen LogP contribution is 2.23. The third-order valence-electron chi connectivity index (χ3n) is 2.45. The Labute approximate surface area is 94.9 Å². The maximum atomic E-state index is 10.9. The van der Waals surface area contributed by atoms with Crippen LogP contribution in [-0.2, 0) is 4.79 Å². The Morgan fingerprint density at radius 2 is 2.06 bits per heavy atom. The van der Waals surface area contributed by atoms with Gasteiger partial charge in [-0.3, -0.25) is 0 Å². The van der Waals surface area contributed by atoms with E-state index >= 15 is 0 Å². The lowest BCUT2D eigenvalue weighted by Gasteiger charge is -2.18. The van der Waals surface area contributed by atoms with Crippen LogP contribution in [0.2, 0.25) is 0 Å². The van der Waals surface area contributed by atoms with Gasteiger partial charge in [0, 0.05) is 11.3 Å². The van der Waals surface area contributed by atoms with Gasteiger partial charge in [0.05, 0.1) is 6.10 Å². The van der Waals surface area contributed by atoms with Gasteiger partial charge in [-0.2, -0.15) is 0 Å². The number of carbonyl (C=O) groups is 1. The van der Waals surface area contributed by atoms with Crippen LogP contribution in [0.25, 0.3) is 0 Å². The fourth-order valence-electron chi connectivity index (χ4n) is 1.52. The molecule has 0 aliphatic rings. The molecule has 0 saturated heterocycles. The van der Waals surface area contributed by atoms with Gasteiger partial charge in [-0.15, -0.1) is 0 Å². The number of aliphatic carboxylic acids is 1. The van der Waals surface area contributed by atoms with Crippen LogP contribution < -0.4 is 5.32 Å². The van der Waals surface area contributed by atoms with Crippen LogP contribution in [-0.4, -0.2) is 22.2 Å². The number of carboxylic acid groups (broad SMARTS) is 1. The molecule has 0 heterocycles. The number of benzene rings is 1. The molecule has 0 amide bonds. The molecule has 16 heavy (non-hydrogen) atoms. The first-order valence-corrected chi connectivity index (χ1v) is 5.32. The zero-order valence-corrected chi connectivity index (χ0v) is 9.47. The normalized spacial score (nSPS) is 14.2. The van der Waals surface area contributed by atoms with Gasteiger partial charge in [0.15, 0.2) is 0 Å². The number of rotatable bonds is 5. The molecule has 0 aliphatic heterocycles. The van der Waals surface area contributed by atoms with E-state index in [4.69, 9.17) is 5.11 Å². The predicted molar refractivity (Wildman–Crippen MR) is 62.4 cm³/mol. The molecule has 0 bridgehead atoms. The highest BCUT2D eigenvalue weighted by Gasteiger charge is 2.16. The van der Waals surface area contributed by atoms with Gasteiger partial charge in [-0.1, -0.05) is 25.1 Å². The second-order valence-electron chi connectivity index (χ2n) is 3.71. The molecule has 0 radical (unpaired) electrons. The fraction of sp³-hybridized carbons (Fsp3) is 0.417. The minimum atomic E-state index is -0.886. The largest absolute Gasteiger partial charge is 0.480 e. The van der Waals surface area contributed by atoms with E-state index < -0.39 is 18.1 Å².